The van der Waals surface area contributed by atoms with Gasteiger partial charge >= 0.3 is 0 Å². The molecule has 0 radical (unpaired) electrons. The molecule has 0 unspecified atom stereocenters. The number of amides is 1. The van der Waals surface area contributed by atoms with Gasteiger partial charge in [0.1, 0.15) is 11.3 Å². The van der Waals surface area contributed by atoms with Gasteiger partial charge in [0.15, 0.2) is 10.7 Å². The van der Waals surface area contributed by atoms with Gasteiger partial charge < -0.3 is 14.5 Å². The number of ether oxygens (including phenoxy) is 1. The van der Waals surface area contributed by atoms with E-state index in [0.717, 1.165) is 16.9 Å². The number of nitrogens with one attached hydrogen (secondary N) is 2. The van der Waals surface area contributed by atoms with E-state index in [1.54, 1.807) is 6.08 Å². The van der Waals surface area contributed by atoms with Crippen molar-refractivity contribution in [3.8, 4) is 17.2 Å². The zero-order chi connectivity index (χ0) is 22.3. The zero-order valence-electron chi connectivity index (χ0n) is 17.4. The molecule has 3 aromatic carbocycles. The third-order valence-corrected chi connectivity index (χ3v) is 4.73. The number of carbonyl (C=O) groups excluding carboxylic acids is 1. The van der Waals surface area contributed by atoms with Crippen molar-refractivity contribution < 1.29 is 13.9 Å². The standard InChI is InChI=1S/C25H21N3O3S/c1-2-30-20-12-9-18(10-13-20)24-27-21-16-19(11-14-22(21)31-24)26-25(32)28-23(29)15-8-17-6-4-3-5-7-17/h3-16H,2H2,1H3,(H2,26,28,29,32). The van der Waals surface area contributed by atoms with Crippen molar-refractivity contribution in [2.75, 3.05) is 11.9 Å². The molecule has 2 N–H and O–H groups in total. The quantitative estimate of drug-likeness (QED) is 0.306. The summed E-state index contributed by atoms with van der Waals surface area (Å²) in [4.78, 5) is 16.7. The van der Waals surface area contributed by atoms with Crippen molar-refractivity contribution in [3.05, 3.63) is 84.4 Å². The van der Waals surface area contributed by atoms with Crippen LogP contribution < -0.4 is 15.4 Å². The number of hydrogen-bond donors (Lipinski definition) is 2. The first-order valence-corrected chi connectivity index (χ1v) is 10.5. The number of thiocarbonyl (C=S) groups is 1. The van der Waals surface area contributed by atoms with Gasteiger partial charge in [-0.1, -0.05) is 30.3 Å². The van der Waals surface area contributed by atoms with Gasteiger partial charge in [-0.05, 0) is 73.2 Å². The molecule has 0 spiro atoms. The van der Waals surface area contributed by atoms with E-state index in [4.69, 9.17) is 21.4 Å². The minimum atomic E-state index is -0.313. The first-order chi connectivity index (χ1) is 15.6. The Hall–Kier alpha value is -3.97. The molecule has 1 heterocycles. The van der Waals surface area contributed by atoms with Gasteiger partial charge in [0, 0.05) is 17.3 Å². The van der Waals surface area contributed by atoms with Gasteiger partial charge in [-0.15, -0.1) is 0 Å². The summed E-state index contributed by atoms with van der Waals surface area (Å²) in [5.74, 6) is 1.00. The maximum absolute atomic E-state index is 12.1. The molecule has 4 aromatic rings. The molecular formula is C25H21N3O3S. The second-order valence-corrected chi connectivity index (χ2v) is 7.25. The van der Waals surface area contributed by atoms with Crippen LogP contribution >= 0.6 is 12.2 Å². The minimum Gasteiger partial charge on any atom is -0.494 e. The third-order valence-electron chi connectivity index (χ3n) is 4.52. The summed E-state index contributed by atoms with van der Waals surface area (Å²) in [7, 11) is 0. The van der Waals surface area contributed by atoms with Gasteiger partial charge in [0.25, 0.3) is 0 Å². The summed E-state index contributed by atoms with van der Waals surface area (Å²) in [5.41, 5.74) is 3.81. The van der Waals surface area contributed by atoms with Crippen LogP contribution in [0, 0.1) is 0 Å². The van der Waals surface area contributed by atoms with Crippen molar-refractivity contribution in [2.45, 2.75) is 6.92 Å². The molecule has 0 aliphatic carbocycles. The van der Waals surface area contributed by atoms with Crippen molar-refractivity contribution in [3.63, 3.8) is 0 Å². The van der Waals surface area contributed by atoms with Crippen LogP contribution in [0.5, 0.6) is 5.75 Å². The summed E-state index contributed by atoms with van der Waals surface area (Å²) in [6.45, 7) is 2.56. The number of anilines is 1. The molecule has 1 amide bonds. The van der Waals surface area contributed by atoms with E-state index >= 15 is 0 Å². The molecule has 7 heteroatoms. The Kier molecular flexibility index (Phi) is 6.57. The smallest absolute Gasteiger partial charge is 0.250 e. The number of carbonyl (C=O) groups is 1. The lowest BCUT2D eigenvalue weighted by Crippen LogP contribution is -2.32. The maximum atomic E-state index is 12.1. The Morgan fingerprint density at radius 1 is 1.09 bits per heavy atom. The van der Waals surface area contributed by atoms with Crippen molar-refractivity contribution in [1.82, 2.24) is 10.3 Å². The first-order valence-electron chi connectivity index (χ1n) is 10.1. The maximum Gasteiger partial charge on any atom is 0.250 e. The number of nitrogens with zero attached hydrogens (tertiary/aromatic N) is 1. The van der Waals surface area contributed by atoms with Crippen molar-refractivity contribution in [1.29, 1.82) is 0 Å². The average molecular weight is 444 g/mol. The van der Waals surface area contributed by atoms with E-state index in [9.17, 15) is 4.79 Å². The summed E-state index contributed by atoms with van der Waals surface area (Å²) in [6, 6.07) is 22.6. The van der Waals surface area contributed by atoms with Crippen LogP contribution in [0.25, 0.3) is 28.6 Å². The van der Waals surface area contributed by atoms with Crippen LogP contribution in [0.1, 0.15) is 12.5 Å². The Morgan fingerprint density at radius 3 is 2.62 bits per heavy atom. The van der Waals surface area contributed by atoms with Crippen molar-refractivity contribution in [2.24, 2.45) is 0 Å². The zero-order valence-corrected chi connectivity index (χ0v) is 18.2. The summed E-state index contributed by atoms with van der Waals surface area (Å²) in [6.07, 6.45) is 3.16. The topological polar surface area (TPSA) is 76.4 Å². The fourth-order valence-electron chi connectivity index (χ4n) is 3.04. The van der Waals surface area contributed by atoms with Crippen molar-refractivity contribution >= 4 is 46.1 Å². The molecular weight excluding hydrogens is 422 g/mol. The second kappa shape index (κ2) is 9.89. The summed E-state index contributed by atoms with van der Waals surface area (Å²) in [5, 5.41) is 5.83. The number of hydrogen-bond acceptors (Lipinski definition) is 5. The molecule has 0 aliphatic rings. The van der Waals surface area contributed by atoms with Crippen LogP contribution in [0.15, 0.2) is 83.3 Å². The van der Waals surface area contributed by atoms with E-state index in [-0.39, 0.29) is 11.0 Å². The molecule has 0 fully saturated rings. The highest BCUT2D eigenvalue weighted by molar-refractivity contribution is 7.80. The van der Waals surface area contributed by atoms with Crippen LogP contribution in [0.4, 0.5) is 5.69 Å². The van der Waals surface area contributed by atoms with E-state index in [0.29, 0.717) is 29.3 Å². The van der Waals surface area contributed by atoms with Gasteiger partial charge in [-0.3, -0.25) is 10.1 Å². The number of rotatable bonds is 6. The fraction of sp³-hybridized carbons (Fsp3) is 0.0800. The van der Waals surface area contributed by atoms with Gasteiger partial charge in [-0.2, -0.15) is 0 Å². The van der Waals surface area contributed by atoms with Crippen LogP contribution in [-0.4, -0.2) is 22.6 Å². The minimum absolute atomic E-state index is 0.197. The molecule has 0 atom stereocenters. The molecule has 0 saturated heterocycles. The SMILES string of the molecule is CCOc1ccc(-c2nc3cc(NC(=S)NC(=O)C=Cc4ccccc4)ccc3o2)cc1. The Bertz CT molecular complexity index is 1260. The molecule has 4 rings (SSSR count). The summed E-state index contributed by atoms with van der Waals surface area (Å²) < 4.78 is 11.3. The average Bonchev–Trinajstić information content (AvgIpc) is 3.22. The van der Waals surface area contributed by atoms with Gasteiger partial charge in [0.2, 0.25) is 11.8 Å². The number of benzene rings is 3. The highest BCUT2D eigenvalue weighted by atomic mass is 32.1. The van der Waals surface area contributed by atoms with E-state index < -0.39 is 0 Å². The molecule has 32 heavy (non-hydrogen) atoms. The molecule has 1 aromatic heterocycles. The van der Waals surface area contributed by atoms with Gasteiger partial charge in [-0.25, -0.2) is 4.98 Å². The normalized spacial score (nSPS) is 10.9. The first kappa shape index (κ1) is 21.3. The Morgan fingerprint density at radius 2 is 1.88 bits per heavy atom. The van der Waals surface area contributed by atoms with Gasteiger partial charge in [0.05, 0.1) is 6.61 Å². The largest absolute Gasteiger partial charge is 0.494 e. The molecule has 160 valence electrons. The monoisotopic (exact) mass is 443 g/mol. The third kappa shape index (κ3) is 5.39. The molecule has 0 bridgehead atoms. The molecule has 0 saturated carbocycles. The van der Waals surface area contributed by atoms with Crippen LogP contribution in [0.3, 0.4) is 0 Å². The highest BCUT2D eigenvalue weighted by Gasteiger charge is 2.10. The van der Waals surface area contributed by atoms with E-state index in [2.05, 4.69) is 15.6 Å². The lowest BCUT2D eigenvalue weighted by Gasteiger charge is -2.07. The number of oxazole rings is 1. The van der Waals surface area contributed by atoms with E-state index in [1.807, 2.05) is 79.7 Å². The van der Waals surface area contributed by atoms with E-state index in [1.165, 1.54) is 6.08 Å². The second-order valence-electron chi connectivity index (χ2n) is 6.85. The predicted octanol–water partition coefficient (Wildman–Crippen LogP) is 5.42. The Balaban J connectivity index is 1.40. The lowest BCUT2D eigenvalue weighted by molar-refractivity contribution is -0.115. The van der Waals surface area contributed by atoms with Crippen LogP contribution in [0.2, 0.25) is 0 Å². The van der Waals surface area contributed by atoms with Crippen LogP contribution in [-0.2, 0) is 4.79 Å². The highest BCUT2D eigenvalue weighted by Crippen LogP contribution is 2.27. The summed E-state index contributed by atoms with van der Waals surface area (Å²) >= 11 is 5.25. The fourth-order valence-corrected chi connectivity index (χ4v) is 3.26. The number of aromatic nitrogens is 1. The molecule has 0 aliphatic heterocycles. The Labute approximate surface area is 190 Å². The number of fused-ring (bicyclic) bond motifs is 1. The lowest BCUT2D eigenvalue weighted by atomic mass is 10.2. The predicted molar refractivity (Wildman–Crippen MR) is 130 cm³/mol. The molecule has 6 nitrogen and oxygen atoms in total.